The van der Waals surface area contributed by atoms with Crippen molar-refractivity contribution in [3.8, 4) is 0 Å². The zero-order valence-electron chi connectivity index (χ0n) is 10.5. The van der Waals surface area contributed by atoms with Crippen molar-refractivity contribution in [2.24, 2.45) is 11.3 Å². The van der Waals surface area contributed by atoms with Gasteiger partial charge in [-0.3, -0.25) is 0 Å². The van der Waals surface area contributed by atoms with E-state index in [-0.39, 0.29) is 5.41 Å². The molecule has 2 heteroatoms. The van der Waals surface area contributed by atoms with Crippen molar-refractivity contribution in [1.82, 2.24) is 9.97 Å². The third kappa shape index (κ3) is 2.11. The van der Waals surface area contributed by atoms with Gasteiger partial charge in [0.15, 0.2) is 0 Å². The molecule has 2 nitrogen and oxygen atoms in total. The molecular weight excluding hydrogens is 196 g/mol. The van der Waals surface area contributed by atoms with Gasteiger partial charge in [-0.15, -0.1) is 0 Å². The van der Waals surface area contributed by atoms with Gasteiger partial charge in [0.2, 0.25) is 0 Å². The Hall–Kier alpha value is -1.31. The molecule has 0 radical (unpaired) electrons. The number of benzene rings is 1. The molecule has 0 bridgehead atoms. The van der Waals surface area contributed by atoms with Crippen molar-refractivity contribution in [3.05, 3.63) is 30.1 Å². The van der Waals surface area contributed by atoms with Crippen LogP contribution in [0.3, 0.4) is 0 Å². The molecule has 2 aromatic rings. The van der Waals surface area contributed by atoms with Gasteiger partial charge in [0.1, 0.15) is 5.82 Å². The summed E-state index contributed by atoms with van der Waals surface area (Å²) >= 11 is 0. The largest absolute Gasteiger partial charge is 0.342 e. The molecule has 0 spiro atoms. The van der Waals surface area contributed by atoms with Crippen LogP contribution in [0.15, 0.2) is 24.3 Å². The van der Waals surface area contributed by atoms with Crippen LogP contribution in [-0.4, -0.2) is 9.97 Å². The van der Waals surface area contributed by atoms with Crippen molar-refractivity contribution in [1.29, 1.82) is 0 Å². The predicted octanol–water partition coefficient (Wildman–Crippen LogP) is 3.79. The summed E-state index contributed by atoms with van der Waals surface area (Å²) in [4.78, 5) is 8.02. The zero-order chi connectivity index (χ0) is 11.8. The number of para-hydroxylation sites is 2. The number of hydrogen-bond donors (Lipinski definition) is 1. The Bertz CT molecular complexity index is 447. The van der Waals surface area contributed by atoms with Gasteiger partial charge in [-0.25, -0.2) is 4.98 Å². The Morgan fingerprint density at radius 1 is 1.25 bits per heavy atom. The Kier molecular flexibility index (Phi) is 2.75. The molecule has 16 heavy (non-hydrogen) atoms. The van der Waals surface area contributed by atoms with Gasteiger partial charge in [0.25, 0.3) is 0 Å². The highest BCUT2D eigenvalue weighted by atomic mass is 14.9. The summed E-state index contributed by atoms with van der Waals surface area (Å²) in [6.07, 6.45) is 0.999. The van der Waals surface area contributed by atoms with Crippen LogP contribution in [0.5, 0.6) is 0 Å². The molecule has 0 atom stereocenters. The van der Waals surface area contributed by atoms with Crippen LogP contribution >= 0.6 is 0 Å². The smallest absolute Gasteiger partial charge is 0.107 e. The molecule has 0 saturated carbocycles. The second-order valence-corrected chi connectivity index (χ2v) is 5.52. The van der Waals surface area contributed by atoms with E-state index in [9.17, 15) is 0 Å². The molecule has 2 rings (SSSR count). The number of rotatable bonds is 3. The fraction of sp³-hybridized carbons (Fsp3) is 0.500. The van der Waals surface area contributed by atoms with Crippen LogP contribution in [0.4, 0.5) is 0 Å². The average molecular weight is 216 g/mol. The molecule has 0 saturated heterocycles. The predicted molar refractivity (Wildman–Crippen MR) is 68.4 cm³/mol. The van der Waals surface area contributed by atoms with Crippen LogP contribution in [0, 0.1) is 11.3 Å². The van der Waals surface area contributed by atoms with Crippen LogP contribution < -0.4 is 0 Å². The second kappa shape index (κ2) is 3.93. The summed E-state index contributed by atoms with van der Waals surface area (Å²) in [5.74, 6) is 1.75. The van der Waals surface area contributed by atoms with Gasteiger partial charge in [0, 0.05) is 6.42 Å². The van der Waals surface area contributed by atoms with Crippen LogP contribution in [0.2, 0.25) is 0 Å². The van der Waals surface area contributed by atoms with Gasteiger partial charge in [-0.2, -0.15) is 0 Å². The second-order valence-electron chi connectivity index (χ2n) is 5.52. The number of imidazole rings is 1. The number of aromatic nitrogens is 2. The molecule has 1 heterocycles. The summed E-state index contributed by atoms with van der Waals surface area (Å²) in [5.41, 5.74) is 2.49. The first-order valence-electron chi connectivity index (χ1n) is 5.93. The van der Waals surface area contributed by atoms with E-state index in [0.717, 1.165) is 23.3 Å². The Morgan fingerprint density at radius 2 is 1.94 bits per heavy atom. The van der Waals surface area contributed by atoms with Crippen molar-refractivity contribution in [2.75, 3.05) is 0 Å². The molecule has 0 aliphatic heterocycles. The van der Waals surface area contributed by atoms with E-state index < -0.39 is 0 Å². The van der Waals surface area contributed by atoms with E-state index in [0.29, 0.717) is 5.92 Å². The van der Waals surface area contributed by atoms with Gasteiger partial charge < -0.3 is 4.98 Å². The van der Waals surface area contributed by atoms with Crippen LogP contribution in [0.1, 0.15) is 33.5 Å². The molecule has 0 amide bonds. The van der Waals surface area contributed by atoms with E-state index in [1.165, 1.54) is 0 Å². The monoisotopic (exact) mass is 216 g/mol. The van der Waals surface area contributed by atoms with E-state index in [1.807, 2.05) is 12.1 Å². The lowest BCUT2D eigenvalue weighted by molar-refractivity contribution is 0.244. The first kappa shape index (κ1) is 11.2. The topological polar surface area (TPSA) is 28.7 Å². The maximum Gasteiger partial charge on any atom is 0.107 e. The lowest BCUT2D eigenvalue weighted by Gasteiger charge is -2.28. The van der Waals surface area contributed by atoms with Crippen LogP contribution in [-0.2, 0) is 6.42 Å². The normalized spacial score (nSPS) is 12.6. The van der Waals surface area contributed by atoms with Crippen molar-refractivity contribution < 1.29 is 0 Å². The summed E-state index contributed by atoms with van der Waals surface area (Å²) < 4.78 is 0. The number of hydrogen-bond acceptors (Lipinski definition) is 1. The van der Waals surface area contributed by atoms with Gasteiger partial charge in [-0.05, 0) is 23.5 Å². The molecule has 1 aromatic heterocycles. The molecular formula is C14H20N2. The van der Waals surface area contributed by atoms with Crippen molar-refractivity contribution in [3.63, 3.8) is 0 Å². The fourth-order valence-electron chi connectivity index (χ4n) is 1.73. The minimum Gasteiger partial charge on any atom is -0.342 e. The van der Waals surface area contributed by atoms with Gasteiger partial charge in [-0.1, -0.05) is 39.8 Å². The van der Waals surface area contributed by atoms with Crippen molar-refractivity contribution in [2.45, 2.75) is 34.1 Å². The maximum atomic E-state index is 4.62. The highest BCUT2D eigenvalue weighted by molar-refractivity contribution is 5.74. The highest BCUT2D eigenvalue weighted by Crippen LogP contribution is 2.30. The van der Waals surface area contributed by atoms with E-state index >= 15 is 0 Å². The Labute approximate surface area is 97.1 Å². The molecule has 0 unspecified atom stereocenters. The van der Waals surface area contributed by atoms with Crippen molar-refractivity contribution >= 4 is 11.0 Å². The molecule has 0 aliphatic carbocycles. The summed E-state index contributed by atoms with van der Waals surface area (Å²) in [7, 11) is 0. The number of nitrogens with one attached hydrogen (secondary N) is 1. The maximum absolute atomic E-state index is 4.62. The first-order chi connectivity index (χ1) is 7.49. The van der Waals surface area contributed by atoms with E-state index in [1.54, 1.807) is 0 Å². The van der Waals surface area contributed by atoms with Gasteiger partial charge >= 0.3 is 0 Å². The molecule has 0 aliphatic rings. The Balaban J connectivity index is 2.28. The van der Waals surface area contributed by atoms with E-state index in [2.05, 4.69) is 49.8 Å². The minimum absolute atomic E-state index is 0.286. The summed E-state index contributed by atoms with van der Waals surface area (Å²) in [5, 5.41) is 0. The first-order valence-corrected chi connectivity index (χ1v) is 5.93. The Morgan fingerprint density at radius 3 is 2.56 bits per heavy atom. The third-order valence-corrected chi connectivity index (χ3v) is 3.62. The zero-order valence-corrected chi connectivity index (χ0v) is 10.5. The molecule has 1 N–H and O–H groups in total. The molecule has 1 aromatic carbocycles. The lowest BCUT2D eigenvalue weighted by Crippen LogP contribution is -2.22. The number of H-pyrrole nitrogens is 1. The van der Waals surface area contributed by atoms with Gasteiger partial charge in [0.05, 0.1) is 11.0 Å². The third-order valence-electron chi connectivity index (χ3n) is 3.62. The minimum atomic E-state index is 0.286. The number of nitrogens with zero attached hydrogens (tertiary/aromatic N) is 1. The molecule has 0 fully saturated rings. The average Bonchev–Trinajstić information content (AvgIpc) is 2.58. The summed E-state index contributed by atoms with van der Waals surface area (Å²) in [6, 6.07) is 8.20. The van der Waals surface area contributed by atoms with E-state index in [4.69, 9.17) is 0 Å². The standard InChI is InChI=1S/C14H20N2/c1-10(2)14(3,4)9-13-15-11-7-5-6-8-12(11)16-13/h5-8,10H,9H2,1-4H3,(H,15,16). The number of aromatic amines is 1. The quantitative estimate of drug-likeness (QED) is 0.830. The fourth-order valence-corrected chi connectivity index (χ4v) is 1.73. The summed E-state index contributed by atoms with van der Waals surface area (Å²) in [6.45, 7) is 9.13. The SMILES string of the molecule is CC(C)C(C)(C)Cc1nc2ccccc2[nH]1. The van der Waals surface area contributed by atoms with Crippen LogP contribution in [0.25, 0.3) is 11.0 Å². The number of fused-ring (bicyclic) bond motifs is 1. The highest BCUT2D eigenvalue weighted by Gasteiger charge is 2.24. The lowest BCUT2D eigenvalue weighted by atomic mass is 9.78. The molecule has 86 valence electrons.